The first-order valence-electron chi connectivity index (χ1n) is 8.20. The van der Waals surface area contributed by atoms with Gasteiger partial charge in [-0.1, -0.05) is 20.3 Å². The van der Waals surface area contributed by atoms with E-state index < -0.39 is 54.5 Å². The van der Waals surface area contributed by atoms with Crippen LogP contribution in [0.15, 0.2) is 0 Å². The number of carbonyl (C=O) groups is 4. The molecule has 0 heterocycles. The van der Waals surface area contributed by atoms with Gasteiger partial charge in [-0.05, 0) is 12.8 Å². The molecule has 5 atom stereocenters. The summed E-state index contributed by atoms with van der Waals surface area (Å²) >= 11 is 0. The van der Waals surface area contributed by atoms with Crippen molar-refractivity contribution in [3.63, 3.8) is 0 Å². The largest absolute Gasteiger partial charge is 0.480 e. The zero-order valence-corrected chi connectivity index (χ0v) is 15.1. The highest BCUT2D eigenvalue weighted by Gasteiger charge is 2.32. The molecule has 0 bridgehead atoms. The average Bonchev–Trinajstić information content (AvgIpc) is 2.59. The van der Waals surface area contributed by atoms with Crippen LogP contribution in [-0.2, 0) is 19.2 Å². The molecule has 0 radical (unpaired) electrons. The van der Waals surface area contributed by atoms with Crippen LogP contribution in [-0.4, -0.2) is 76.4 Å². The molecule has 0 fully saturated rings. The maximum atomic E-state index is 12.4. The molecule has 0 spiro atoms. The number of amides is 3. The first kappa shape index (κ1) is 23.8. The normalized spacial score (nSPS) is 16.5. The Kier molecular flexibility index (Phi) is 10.4. The van der Waals surface area contributed by atoms with Crippen LogP contribution in [0.5, 0.6) is 0 Å². The number of hydrogen-bond donors (Lipinski definition) is 7. The van der Waals surface area contributed by atoms with Crippen LogP contribution in [0.25, 0.3) is 0 Å². The molecule has 0 aromatic carbocycles. The molecular formula is C15H28N4O7. The van der Waals surface area contributed by atoms with Crippen molar-refractivity contribution in [1.29, 1.82) is 0 Å². The standard InChI is InChI=1S/C15H28N4O7/c1-4-7(2)11(18-10(22)5-16)14(24)17-9(6-20)13(23)19-12(8(3)21)15(25)26/h7-9,11-12,20-21H,4-6,16H2,1-3H3,(H,17,24)(H,18,22)(H,19,23)(H,25,26). The maximum absolute atomic E-state index is 12.4. The van der Waals surface area contributed by atoms with Gasteiger partial charge in [-0.15, -0.1) is 0 Å². The summed E-state index contributed by atoms with van der Waals surface area (Å²) in [5, 5.41) is 34.4. The van der Waals surface area contributed by atoms with Crippen molar-refractivity contribution in [2.45, 2.75) is 51.4 Å². The lowest BCUT2D eigenvalue weighted by Crippen LogP contribution is -2.59. The summed E-state index contributed by atoms with van der Waals surface area (Å²) in [7, 11) is 0. The van der Waals surface area contributed by atoms with Crippen LogP contribution in [0.3, 0.4) is 0 Å². The molecule has 8 N–H and O–H groups in total. The Bertz CT molecular complexity index is 512. The number of carboxylic acids is 1. The van der Waals surface area contributed by atoms with E-state index in [0.29, 0.717) is 6.42 Å². The van der Waals surface area contributed by atoms with Gasteiger partial charge in [0.1, 0.15) is 12.1 Å². The quantitative estimate of drug-likeness (QED) is 0.197. The second-order valence-electron chi connectivity index (χ2n) is 5.94. The third kappa shape index (κ3) is 7.33. The van der Waals surface area contributed by atoms with Gasteiger partial charge in [0.05, 0.1) is 19.3 Å². The van der Waals surface area contributed by atoms with Crippen molar-refractivity contribution >= 4 is 23.7 Å². The zero-order valence-electron chi connectivity index (χ0n) is 15.1. The van der Waals surface area contributed by atoms with Gasteiger partial charge >= 0.3 is 5.97 Å². The number of hydrogen-bond acceptors (Lipinski definition) is 7. The topological polar surface area (TPSA) is 191 Å². The Morgan fingerprint density at radius 3 is 1.96 bits per heavy atom. The molecule has 11 nitrogen and oxygen atoms in total. The fraction of sp³-hybridized carbons (Fsp3) is 0.733. The maximum Gasteiger partial charge on any atom is 0.328 e. The van der Waals surface area contributed by atoms with Crippen LogP contribution >= 0.6 is 0 Å². The molecule has 0 rings (SSSR count). The fourth-order valence-corrected chi connectivity index (χ4v) is 2.03. The summed E-state index contributed by atoms with van der Waals surface area (Å²) in [6, 6.07) is -4.04. The van der Waals surface area contributed by atoms with E-state index in [1.165, 1.54) is 6.92 Å². The average molecular weight is 376 g/mol. The van der Waals surface area contributed by atoms with Crippen molar-refractivity contribution in [3.05, 3.63) is 0 Å². The van der Waals surface area contributed by atoms with Crippen molar-refractivity contribution in [1.82, 2.24) is 16.0 Å². The number of carboxylic acid groups (broad SMARTS) is 1. The van der Waals surface area contributed by atoms with Gasteiger partial charge in [0, 0.05) is 0 Å². The molecule has 0 aromatic heterocycles. The molecule has 0 saturated carbocycles. The number of aliphatic hydroxyl groups excluding tert-OH is 2. The molecule has 26 heavy (non-hydrogen) atoms. The summed E-state index contributed by atoms with van der Waals surface area (Å²) in [6.07, 6.45) is -0.842. The first-order chi connectivity index (χ1) is 12.1. The molecule has 0 aliphatic carbocycles. The van der Waals surface area contributed by atoms with Gasteiger partial charge in [0.15, 0.2) is 6.04 Å². The van der Waals surface area contributed by atoms with Crippen molar-refractivity contribution < 1.29 is 34.5 Å². The molecule has 0 saturated heterocycles. The number of aliphatic hydroxyl groups is 2. The lowest BCUT2D eigenvalue weighted by molar-refractivity contribution is -0.145. The number of rotatable bonds is 11. The van der Waals surface area contributed by atoms with Crippen molar-refractivity contribution in [2.24, 2.45) is 11.7 Å². The van der Waals surface area contributed by atoms with E-state index in [0.717, 1.165) is 0 Å². The van der Waals surface area contributed by atoms with Gasteiger partial charge in [-0.25, -0.2) is 4.79 Å². The minimum atomic E-state index is -1.60. The van der Waals surface area contributed by atoms with E-state index in [4.69, 9.17) is 10.8 Å². The molecule has 0 aliphatic heterocycles. The number of nitrogens with one attached hydrogen (secondary N) is 3. The van der Waals surface area contributed by atoms with Crippen molar-refractivity contribution in [3.8, 4) is 0 Å². The Hall–Kier alpha value is -2.24. The summed E-state index contributed by atoms with van der Waals surface area (Å²) in [4.78, 5) is 47.0. The summed E-state index contributed by atoms with van der Waals surface area (Å²) in [5.41, 5.74) is 5.22. The van der Waals surface area contributed by atoms with Crippen molar-refractivity contribution in [2.75, 3.05) is 13.2 Å². The lowest BCUT2D eigenvalue weighted by atomic mass is 9.98. The number of nitrogens with two attached hydrogens (primary N) is 1. The Morgan fingerprint density at radius 1 is 1.00 bits per heavy atom. The molecule has 11 heteroatoms. The Labute approximate surface area is 151 Å². The SMILES string of the molecule is CCC(C)C(NC(=O)CN)C(=O)NC(CO)C(=O)NC(C(=O)O)C(C)O. The zero-order chi connectivity index (χ0) is 20.4. The smallest absolute Gasteiger partial charge is 0.328 e. The molecule has 3 amide bonds. The predicted molar refractivity (Wildman–Crippen MR) is 90.7 cm³/mol. The predicted octanol–water partition coefficient (Wildman–Crippen LogP) is -3.10. The molecule has 0 aromatic rings. The number of aliphatic carboxylic acids is 1. The van der Waals surface area contributed by atoms with Gasteiger partial charge in [-0.3, -0.25) is 14.4 Å². The van der Waals surface area contributed by atoms with E-state index in [1.807, 2.05) is 5.32 Å². The second-order valence-corrected chi connectivity index (χ2v) is 5.94. The second kappa shape index (κ2) is 11.4. The van der Waals surface area contributed by atoms with E-state index in [9.17, 15) is 29.4 Å². The summed E-state index contributed by atoms with van der Waals surface area (Å²) < 4.78 is 0. The van der Waals surface area contributed by atoms with Gasteiger partial charge in [0.25, 0.3) is 0 Å². The van der Waals surface area contributed by atoms with E-state index in [-0.39, 0.29) is 12.5 Å². The van der Waals surface area contributed by atoms with Crippen LogP contribution < -0.4 is 21.7 Å². The monoisotopic (exact) mass is 376 g/mol. The number of carbonyl (C=O) groups excluding carboxylic acids is 3. The van der Waals surface area contributed by atoms with Crippen LogP contribution in [0.1, 0.15) is 27.2 Å². The summed E-state index contributed by atoms with van der Waals surface area (Å²) in [6.45, 7) is 3.56. The Morgan fingerprint density at radius 2 is 1.58 bits per heavy atom. The molecule has 0 aliphatic rings. The van der Waals surface area contributed by atoms with Gasteiger partial charge < -0.3 is 37.0 Å². The van der Waals surface area contributed by atoms with Crippen LogP contribution in [0.4, 0.5) is 0 Å². The van der Waals surface area contributed by atoms with Gasteiger partial charge in [0.2, 0.25) is 17.7 Å². The minimum Gasteiger partial charge on any atom is -0.480 e. The highest BCUT2D eigenvalue weighted by Crippen LogP contribution is 2.08. The fourth-order valence-electron chi connectivity index (χ4n) is 2.03. The molecule has 5 unspecified atom stereocenters. The highest BCUT2D eigenvalue weighted by atomic mass is 16.4. The molecular weight excluding hydrogens is 348 g/mol. The van der Waals surface area contributed by atoms with Crippen LogP contribution in [0, 0.1) is 5.92 Å². The highest BCUT2D eigenvalue weighted by molar-refractivity contribution is 5.93. The van der Waals surface area contributed by atoms with Crippen LogP contribution in [0.2, 0.25) is 0 Å². The van der Waals surface area contributed by atoms with E-state index in [1.54, 1.807) is 13.8 Å². The van der Waals surface area contributed by atoms with E-state index >= 15 is 0 Å². The minimum absolute atomic E-state index is 0.280. The third-order valence-electron chi connectivity index (χ3n) is 3.86. The first-order valence-corrected chi connectivity index (χ1v) is 8.20. The van der Waals surface area contributed by atoms with Gasteiger partial charge in [-0.2, -0.15) is 0 Å². The molecule has 150 valence electrons. The summed E-state index contributed by atoms with van der Waals surface area (Å²) in [5.74, 6) is -4.02. The Balaban J connectivity index is 5.14. The third-order valence-corrected chi connectivity index (χ3v) is 3.86. The lowest BCUT2D eigenvalue weighted by Gasteiger charge is -2.26. The van der Waals surface area contributed by atoms with E-state index in [2.05, 4.69) is 10.6 Å².